The summed E-state index contributed by atoms with van der Waals surface area (Å²) in [5, 5.41) is 8.46. The summed E-state index contributed by atoms with van der Waals surface area (Å²) in [6.45, 7) is 3.94. The highest BCUT2D eigenvalue weighted by molar-refractivity contribution is 7.91. The van der Waals surface area contributed by atoms with Crippen LogP contribution in [0.3, 0.4) is 0 Å². The van der Waals surface area contributed by atoms with Gasteiger partial charge in [0.05, 0.1) is 6.26 Å². The van der Waals surface area contributed by atoms with Crippen molar-refractivity contribution in [2.75, 3.05) is 31.1 Å². The van der Waals surface area contributed by atoms with Crippen LogP contribution in [-0.2, 0) is 10.0 Å². The van der Waals surface area contributed by atoms with Crippen LogP contribution in [0.5, 0.6) is 0 Å². The molecular weight excluding hydrogens is 372 g/mol. The summed E-state index contributed by atoms with van der Waals surface area (Å²) in [5.74, 6) is 1.41. The summed E-state index contributed by atoms with van der Waals surface area (Å²) in [7, 11) is -3.41. The van der Waals surface area contributed by atoms with E-state index in [2.05, 4.69) is 10.2 Å². The summed E-state index contributed by atoms with van der Waals surface area (Å²) in [5.41, 5.74) is 0.674. The number of hydrogen-bond donors (Lipinski definition) is 0. The van der Waals surface area contributed by atoms with Gasteiger partial charge in [-0.25, -0.2) is 8.42 Å². The molecule has 0 amide bonds. The first-order chi connectivity index (χ1) is 12.5. The van der Waals surface area contributed by atoms with Gasteiger partial charge in [-0.2, -0.15) is 4.31 Å². The van der Waals surface area contributed by atoms with Crippen LogP contribution < -0.4 is 4.90 Å². The molecule has 1 fully saturated rings. The SMILES string of the molecule is Cc1ccc(S(=O)(=O)N2CCN(c3ccc(-c4ccco4)nn3)CC2)s1. The molecule has 3 aromatic heterocycles. The molecule has 0 atom stereocenters. The predicted octanol–water partition coefficient (Wildman–Crippen LogP) is 2.62. The molecule has 0 saturated carbocycles. The van der Waals surface area contributed by atoms with E-state index in [-0.39, 0.29) is 0 Å². The van der Waals surface area contributed by atoms with Gasteiger partial charge in [0, 0.05) is 31.1 Å². The van der Waals surface area contributed by atoms with Crippen molar-refractivity contribution < 1.29 is 12.8 Å². The minimum absolute atomic E-state index is 0.408. The molecule has 7 nitrogen and oxygen atoms in total. The maximum absolute atomic E-state index is 12.7. The maximum atomic E-state index is 12.7. The van der Waals surface area contributed by atoms with E-state index in [0.29, 0.717) is 41.8 Å². The van der Waals surface area contributed by atoms with Crippen molar-refractivity contribution in [2.45, 2.75) is 11.1 Å². The predicted molar refractivity (Wildman–Crippen MR) is 99.8 cm³/mol. The molecule has 4 heterocycles. The molecule has 0 radical (unpaired) electrons. The first-order valence-electron chi connectivity index (χ1n) is 8.23. The van der Waals surface area contributed by atoms with Crippen molar-refractivity contribution in [2.24, 2.45) is 0 Å². The monoisotopic (exact) mass is 390 g/mol. The number of rotatable bonds is 4. The van der Waals surface area contributed by atoms with E-state index in [4.69, 9.17) is 4.42 Å². The van der Waals surface area contributed by atoms with Crippen LogP contribution in [0.4, 0.5) is 5.82 Å². The fourth-order valence-corrected chi connectivity index (χ4v) is 5.74. The van der Waals surface area contributed by atoms with E-state index in [1.54, 1.807) is 22.7 Å². The molecule has 0 aromatic carbocycles. The van der Waals surface area contributed by atoms with Crippen LogP contribution in [0, 0.1) is 6.92 Å². The number of aryl methyl sites for hydroxylation is 1. The molecule has 9 heteroatoms. The Morgan fingerprint density at radius 1 is 1.04 bits per heavy atom. The lowest BCUT2D eigenvalue weighted by Gasteiger charge is -2.34. The summed E-state index contributed by atoms with van der Waals surface area (Å²) in [4.78, 5) is 3.04. The van der Waals surface area contributed by atoms with Crippen molar-refractivity contribution in [3.63, 3.8) is 0 Å². The molecule has 3 aromatic rings. The van der Waals surface area contributed by atoms with Gasteiger partial charge in [-0.1, -0.05) is 0 Å². The average Bonchev–Trinajstić information content (AvgIpc) is 3.34. The third-order valence-electron chi connectivity index (χ3n) is 4.30. The maximum Gasteiger partial charge on any atom is 0.252 e. The molecule has 4 rings (SSSR count). The summed E-state index contributed by atoms with van der Waals surface area (Å²) >= 11 is 1.31. The molecular formula is C17H18N4O3S2. The Morgan fingerprint density at radius 2 is 1.85 bits per heavy atom. The van der Waals surface area contributed by atoms with Crippen molar-refractivity contribution in [3.05, 3.63) is 47.5 Å². The van der Waals surface area contributed by atoms with Gasteiger partial charge in [-0.15, -0.1) is 21.5 Å². The molecule has 1 aliphatic heterocycles. The molecule has 0 bridgehead atoms. The first-order valence-corrected chi connectivity index (χ1v) is 10.5. The van der Waals surface area contributed by atoms with Gasteiger partial charge < -0.3 is 9.32 Å². The van der Waals surface area contributed by atoms with E-state index in [1.165, 1.54) is 11.3 Å². The van der Waals surface area contributed by atoms with Gasteiger partial charge in [-0.3, -0.25) is 0 Å². The minimum atomic E-state index is -3.41. The summed E-state index contributed by atoms with van der Waals surface area (Å²) < 4.78 is 32.7. The second kappa shape index (κ2) is 6.82. The number of sulfonamides is 1. The Morgan fingerprint density at radius 3 is 2.42 bits per heavy atom. The zero-order valence-corrected chi connectivity index (χ0v) is 15.8. The zero-order chi connectivity index (χ0) is 18.1. The van der Waals surface area contributed by atoms with E-state index in [0.717, 1.165) is 10.7 Å². The number of anilines is 1. The summed E-state index contributed by atoms with van der Waals surface area (Å²) in [6, 6.07) is 10.9. The lowest BCUT2D eigenvalue weighted by Crippen LogP contribution is -2.48. The normalized spacial score (nSPS) is 16.1. The average molecular weight is 390 g/mol. The zero-order valence-electron chi connectivity index (χ0n) is 14.2. The van der Waals surface area contributed by atoms with Crippen LogP contribution in [0.2, 0.25) is 0 Å². The second-order valence-electron chi connectivity index (χ2n) is 6.01. The van der Waals surface area contributed by atoms with Gasteiger partial charge in [0.15, 0.2) is 11.6 Å². The Bertz CT molecular complexity index is 973. The number of aromatic nitrogens is 2. The summed E-state index contributed by atoms with van der Waals surface area (Å²) in [6.07, 6.45) is 1.60. The Balaban J connectivity index is 1.43. The number of thiophene rings is 1. The lowest BCUT2D eigenvalue weighted by atomic mass is 10.3. The van der Waals surface area contributed by atoms with Gasteiger partial charge >= 0.3 is 0 Å². The molecule has 136 valence electrons. The Kier molecular flexibility index (Phi) is 4.51. The number of furan rings is 1. The molecule has 0 spiro atoms. The van der Waals surface area contributed by atoms with Gasteiger partial charge in [0.1, 0.15) is 9.90 Å². The Labute approximate surface area is 155 Å². The van der Waals surface area contributed by atoms with Crippen molar-refractivity contribution in [1.29, 1.82) is 0 Å². The van der Waals surface area contributed by atoms with E-state index in [1.807, 2.05) is 36.1 Å². The van der Waals surface area contributed by atoms with Crippen molar-refractivity contribution in [1.82, 2.24) is 14.5 Å². The number of nitrogens with zero attached hydrogens (tertiary/aromatic N) is 4. The van der Waals surface area contributed by atoms with Crippen LogP contribution in [0.1, 0.15) is 4.88 Å². The van der Waals surface area contributed by atoms with E-state index >= 15 is 0 Å². The molecule has 0 unspecified atom stereocenters. The van der Waals surface area contributed by atoms with Crippen LogP contribution in [0.25, 0.3) is 11.5 Å². The standard InChI is InChI=1S/C17H18N4O3S2/c1-13-4-7-17(25-13)26(22,23)21-10-8-20(9-11-21)16-6-5-14(18-19-16)15-3-2-12-24-15/h2-7,12H,8-11H2,1H3. The fourth-order valence-electron chi connectivity index (χ4n) is 2.89. The first kappa shape index (κ1) is 17.2. The largest absolute Gasteiger partial charge is 0.463 e. The number of piperazine rings is 1. The molecule has 0 N–H and O–H groups in total. The minimum Gasteiger partial charge on any atom is -0.463 e. The van der Waals surface area contributed by atoms with Crippen molar-refractivity contribution in [3.8, 4) is 11.5 Å². The van der Waals surface area contributed by atoms with Crippen LogP contribution in [-0.4, -0.2) is 49.1 Å². The third-order valence-corrected chi connectivity index (χ3v) is 7.66. The molecule has 1 aliphatic rings. The smallest absolute Gasteiger partial charge is 0.252 e. The van der Waals surface area contributed by atoms with E-state index < -0.39 is 10.0 Å². The third kappa shape index (κ3) is 3.25. The topological polar surface area (TPSA) is 79.5 Å². The quantitative estimate of drug-likeness (QED) is 0.681. The van der Waals surface area contributed by atoms with Crippen LogP contribution >= 0.6 is 11.3 Å². The fraction of sp³-hybridized carbons (Fsp3) is 0.294. The van der Waals surface area contributed by atoms with Gasteiger partial charge in [-0.05, 0) is 43.3 Å². The molecule has 0 aliphatic carbocycles. The van der Waals surface area contributed by atoms with Crippen molar-refractivity contribution >= 4 is 27.2 Å². The molecule has 1 saturated heterocycles. The lowest BCUT2D eigenvalue weighted by molar-refractivity contribution is 0.384. The number of hydrogen-bond acceptors (Lipinski definition) is 7. The molecule has 26 heavy (non-hydrogen) atoms. The van der Waals surface area contributed by atoms with Gasteiger partial charge in [0.2, 0.25) is 0 Å². The second-order valence-corrected chi connectivity index (χ2v) is 9.46. The van der Waals surface area contributed by atoms with Crippen LogP contribution in [0.15, 0.2) is 51.3 Å². The highest BCUT2D eigenvalue weighted by Gasteiger charge is 2.30. The highest BCUT2D eigenvalue weighted by atomic mass is 32.2. The van der Waals surface area contributed by atoms with Gasteiger partial charge in [0.25, 0.3) is 10.0 Å². The van der Waals surface area contributed by atoms with E-state index in [9.17, 15) is 8.42 Å². The highest BCUT2D eigenvalue weighted by Crippen LogP contribution is 2.26. The Hall–Kier alpha value is -2.23.